The second kappa shape index (κ2) is 9.99. The van der Waals surface area contributed by atoms with Crippen LogP contribution in [-0.4, -0.2) is 39.4 Å². The summed E-state index contributed by atoms with van der Waals surface area (Å²) < 4.78 is 21.8. The Hall–Kier alpha value is -0.826. The second-order valence-electron chi connectivity index (χ2n) is 4.88. The smallest absolute Gasteiger partial charge is 0.457 e. The standard InChI is InChI=1S/C11H15O3Si.C4H8OSi/c1-12-10-6-2-3-7-11(10)14-15-9-5-4-8-13-15;1-2-4-6-5-3-1/h2-3,6-7H,4-5,8-9H2,1H3;1-4H2. The van der Waals surface area contributed by atoms with Crippen molar-refractivity contribution in [3.63, 3.8) is 0 Å². The summed E-state index contributed by atoms with van der Waals surface area (Å²) in [5.74, 6) is 1.58. The lowest BCUT2D eigenvalue weighted by Crippen LogP contribution is -2.30. The zero-order valence-corrected chi connectivity index (χ0v) is 14.6. The molecule has 4 nitrogen and oxygen atoms in total. The molecule has 0 spiro atoms. The van der Waals surface area contributed by atoms with Gasteiger partial charge in [-0.1, -0.05) is 18.6 Å². The third-order valence-corrected chi connectivity index (χ3v) is 5.91. The van der Waals surface area contributed by atoms with E-state index < -0.39 is 9.28 Å². The lowest BCUT2D eigenvalue weighted by molar-refractivity contribution is 0.234. The normalized spacial score (nSPS) is 19.3. The van der Waals surface area contributed by atoms with Gasteiger partial charge in [0.25, 0.3) is 0 Å². The van der Waals surface area contributed by atoms with E-state index in [1.54, 1.807) is 7.11 Å². The number of hydrogen-bond acceptors (Lipinski definition) is 4. The molecule has 21 heavy (non-hydrogen) atoms. The Morgan fingerprint density at radius 1 is 1.05 bits per heavy atom. The van der Waals surface area contributed by atoms with E-state index in [4.69, 9.17) is 18.0 Å². The number of methoxy groups -OCH3 is 1. The van der Waals surface area contributed by atoms with Crippen LogP contribution in [-0.2, 0) is 8.85 Å². The van der Waals surface area contributed by atoms with Crippen molar-refractivity contribution < 1.29 is 18.0 Å². The molecule has 2 heterocycles. The van der Waals surface area contributed by atoms with Crippen molar-refractivity contribution in [1.29, 1.82) is 0 Å². The van der Waals surface area contributed by atoms with Crippen LogP contribution in [0.5, 0.6) is 11.5 Å². The lowest BCUT2D eigenvalue weighted by Gasteiger charge is -2.21. The molecule has 2 fully saturated rings. The highest BCUT2D eigenvalue weighted by Crippen LogP contribution is 2.27. The minimum absolute atomic E-state index is 0.782. The highest BCUT2D eigenvalue weighted by molar-refractivity contribution is 6.45. The molecule has 0 saturated carbocycles. The average Bonchev–Trinajstić information content (AvgIpc) is 2.58. The molecule has 0 amide bonds. The molecule has 0 atom stereocenters. The summed E-state index contributed by atoms with van der Waals surface area (Å²) in [5.41, 5.74) is 0. The molecule has 2 aliphatic heterocycles. The number of hydrogen-bond donors (Lipinski definition) is 0. The minimum atomic E-state index is -1.11. The summed E-state index contributed by atoms with van der Waals surface area (Å²) >= 11 is 0. The molecule has 3 rings (SSSR count). The third-order valence-electron chi connectivity index (χ3n) is 3.21. The number of ether oxygens (including phenoxy) is 1. The topological polar surface area (TPSA) is 36.9 Å². The SMILES string of the molecule is C1CC[Si]OC1.COc1ccccc1O[Si]1CCCCO1. The summed E-state index contributed by atoms with van der Waals surface area (Å²) in [7, 11) is 1.34. The molecule has 0 aliphatic carbocycles. The van der Waals surface area contributed by atoms with Gasteiger partial charge in [0.1, 0.15) is 5.75 Å². The Labute approximate surface area is 131 Å². The molecular formula is C15H23O4Si2. The van der Waals surface area contributed by atoms with Gasteiger partial charge < -0.3 is 18.0 Å². The third kappa shape index (κ3) is 6.21. The molecule has 2 saturated heterocycles. The van der Waals surface area contributed by atoms with Crippen molar-refractivity contribution >= 4 is 19.0 Å². The van der Waals surface area contributed by atoms with E-state index in [1.165, 1.54) is 25.3 Å². The first-order chi connectivity index (χ1) is 10.4. The fourth-order valence-electron chi connectivity index (χ4n) is 2.05. The van der Waals surface area contributed by atoms with Gasteiger partial charge in [0.05, 0.1) is 7.11 Å². The van der Waals surface area contributed by atoms with Crippen LogP contribution in [0.15, 0.2) is 24.3 Å². The van der Waals surface area contributed by atoms with Crippen molar-refractivity contribution in [3.8, 4) is 11.5 Å². The largest absolute Gasteiger partial charge is 0.516 e. The maximum Gasteiger partial charge on any atom is 0.457 e. The predicted octanol–water partition coefficient (Wildman–Crippen LogP) is 3.21. The van der Waals surface area contributed by atoms with Crippen molar-refractivity contribution in [3.05, 3.63) is 24.3 Å². The predicted molar refractivity (Wildman–Crippen MR) is 85.1 cm³/mol. The van der Waals surface area contributed by atoms with Gasteiger partial charge in [0, 0.05) is 19.3 Å². The maximum atomic E-state index is 5.83. The van der Waals surface area contributed by atoms with Gasteiger partial charge in [0.2, 0.25) is 9.76 Å². The fourth-order valence-corrected chi connectivity index (χ4v) is 4.51. The van der Waals surface area contributed by atoms with E-state index in [-0.39, 0.29) is 0 Å². The first-order valence-corrected chi connectivity index (χ1v) is 10.2. The van der Waals surface area contributed by atoms with E-state index in [2.05, 4.69) is 0 Å². The van der Waals surface area contributed by atoms with E-state index in [9.17, 15) is 0 Å². The van der Waals surface area contributed by atoms with Crippen LogP contribution < -0.4 is 9.16 Å². The highest BCUT2D eigenvalue weighted by Gasteiger charge is 2.22. The molecule has 0 bridgehead atoms. The number of rotatable bonds is 3. The van der Waals surface area contributed by atoms with Crippen LogP contribution in [0.25, 0.3) is 0 Å². The highest BCUT2D eigenvalue weighted by atomic mass is 28.3. The van der Waals surface area contributed by atoms with Crippen LogP contribution in [0.1, 0.15) is 25.7 Å². The summed E-state index contributed by atoms with van der Waals surface area (Å²) in [5, 5.41) is 0. The first-order valence-electron chi connectivity index (χ1n) is 7.54. The molecule has 2 aliphatic rings. The zero-order chi connectivity index (χ0) is 14.8. The molecule has 6 heteroatoms. The molecule has 0 unspecified atom stereocenters. The van der Waals surface area contributed by atoms with Crippen molar-refractivity contribution in [2.24, 2.45) is 0 Å². The van der Waals surface area contributed by atoms with E-state index >= 15 is 0 Å². The van der Waals surface area contributed by atoms with Gasteiger partial charge >= 0.3 is 9.28 Å². The molecular weight excluding hydrogens is 300 g/mol. The molecule has 3 radical (unpaired) electrons. The van der Waals surface area contributed by atoms with Gasteiger partial charge in [-0.3, -0.25) is 0 Å². The Kier molecular flexibility index (Phi) is 7.87. The number of para-hydroxylation sites is 2. The quantitative estimate of drug-likeness (QED) is 0.801. The monoisotopic (exact) mass is 323 g/mol. The zero-order valence-electron chi connectivity index (χ0n) is 12.6. The molecule has 1 aromatic rings. The maximum absolute atomic E-state index is 5.83. The van der Waals surface area contributed by atoms with Gasteiger partial charge in [-0.15, -0.1) is 0 Å². The first kappa shape index (κ1) is 16.5. The van der Waals surface area contributed by atoms with Crippen LogP contribution in [0, 0.1) is 0 Å². The molecule has 1 aromatic carbocycles. The van der Waals surface area contributed by atoms with Crippen LogP contribution in [0.3, 0.4) is 0 Å². The van der Waals surface area contributed by atoms with Gasteiger partial charge in [-0.25, -0.2) is 0 Å². The fraction of sp³-hybridized carbons (Fsp3) is 0.600. The molecule has 0 N–H and O–H groups in total. The van der Waals surface area contributed by atoms with Crippen LogP contribution >= 0.6 is 0 Å². The van der Waals surface area contributed by atoms with Crippen molar-refractivity contribution in [2.45, 2.75) is 37.8 Å². The van der Waals surface area contributed by atoms with E-state index in [1.807, 2.05) is 24.3 Å². The van der Waals surface area contributed by atoms with Gasteiger partial charge in [-0.05, 0) is 37.4 Å². The Bertz CT molecular complexity index is 382. The van der Waals surface area contributed by atoms with E-state index in [0.29, 0.717) is 0 Å². The molecule has 115 valence electrons. The Morgan fingerprint density at radius 3 is 2.38 bits per heavy atom. The number of benzene rings is 1. The Morgan fingerprint density at radius 2 is 1.86 bits per heavy atom. The summed E-state index contributed by atoms with van der Waals surface area (Å²) in [6, 6.07) is 10.1. The molecule has 0 aromatic heterocycles. The summed E-state index contributed by atoms with van der Waals surface area (Å²) in [6.07, 6.45) is 5.04. The Balaban J connectivity index is 0.000000225. The second-order valence-corrected chi connectivity index (χ2v) is 7.69. The summed E-state index contributed by atoms with van der Waals surface area (Å²) in [4.78, 5) is 0. The van der Waals surface area contributed by atoms with Crippen LogP contribution in [0.2, 0.25) is 12.1 Å². The lowest BCUT2D eigenvalue weighted by atomic mass is 10.3. The summed E-state index contributed by atoms with van der Waals surface area (Å²) in [6.45, 7) is 1.85. The van der Waals surface area contributed by atoms with Gasteiger partial charge in [0.15, 0.2) is 5.75 Å². The van der Waals surface area contributed by atoms with Crippen LogP contribution in [0.4, 0.5) is 0 Å². The van der Waals surface area contributed by atoms with Crippen molar-refractivity contribution in [1.82, 2.24) is 0 Å². The van der Waals surface area contributed by atoms with E-state index in [0.717, 1.165) is 46.9 Å². The van der Waals surface area contributed by atoms with Crippen molar-refractivity contribution in [2.75, 3.05) is 20.3 Å². The minimum Gasteiger partial charge on any atom is -0.516 e. The average molecular weight is 324 g/mol. The van der Waals surface area contributed by atoms with Gasteiger partial charge in [-0.2, -0.15) is 0 Å².